The topological polar surface area (TPSA) is 46.5 Å². The zero-order chi connectivity index (χ0) is 17.4. The van der Waals surface area contributed by atoms with Gasteiger partial charge in [0.2, 0.25) is 0 Å². The summed E-state index contributed by atoms with van der Waals surface area (Å²) in [5.41, 5.74) is 2.56. The zero-order valence-electron chi connectivity index (χ0n) is 14.5. The normalized spacial score (nSPS) is 11.9. The van der Waals surface area contributed by atoms with Crippen LogP contribution in [-0.4, -0.2) is 17.2 Å². The van der Waals surface area contributed by atoms with Crippen LogP contribution in [0.3, 0.4) is 0 Å². The van der Waals surface area contributed by atoms with Crippen molar-refractivity contribution < 1.29 is 14.6 Å². The van der Waals surface area contributed by atoms with E-state index in [1.807, 2.05) is 31.2 Å². The van der Waals surface area contributed by atoms with Crippen molar-refractivity contribution in [2.45, 2.75) is 52.1 Å². The fraction of sp³-hybridized carbons (Fsp3) is 0.381. The molecular weight excluding hydrogens is 300 g/mol. The molecule has 3 nitrogen and oxygen atoms in total. The molecule has 0 unspecified atom stereocenters. The first-order valence-corrected chi connectivity index (χ1v) is 8.70. The SMILES string of the molecule is CCCCCC[C@H](C)OC(=O)c1ccc(-c2ccc(O)cc2)cc1. The monoisotopic (exact) mass is 326 g/mol. The first-order valence-electron chi connectivity index (χ1n) is 8.70. The van der Waals surface area contributed by atoms with Crippen molar-refractivity contribution in [3.63, 3.8) is 0 Å². The number of aromatic hydroxyl groups is 1. The molecule has 1 N–H and O–H groups in total. The maximum atomic E-state index is 12.2. The maximum Gasteiger partial charge on any atom is 0.338 e. The molecule has 0 heterocycles. The van der Waals surface area contributed by atoms with E-state index in [-0.39, 0.29) is 17.8 Å². The maximum absolute atomic E-state index is 12.2. The van der Waals surface area contributed by atoms with Gasteiger partial charge in [0.05, 0.1) is 11.7 Å². The van der Waals surface area contributed by atoms with Gasteiger partial charge >= 0.3 is 5.97 Å². The molecule has 2 aromatic rings. The Balaban J connectivity index is 1.90. The summed E-state index contributed by atoms with van der Waals surface area (Å²) < 4.78 is 5.51. The first-order chi connectivity index (χ1) is 11.6. The van der Waals surface area contributed by atoms with E-state index in [1.165, 1.54) is 19.3 Å². The fourth-order valence-electron chi connectivity index (χ4n) is 2.62. The molecule has 3 heteroatoms. The van der Waals surface area contributed by atoms with Crippen LogP contribution in [0.25, 0.3) is 11.1 Å². The third-order valence-corrected chi connectivity index (χ3v) is 4.09. The van der Waals surface area contributed by atoms with Gasteiger partial charge in [-0.05, 0) is 55.2 Å². The predicted octanol–water partition coefficient (Wildman–Crippen LogP) is 5.57. The van der Waals surface area contributed by atoms with Gasteiger partial charge in [-0.25, -0.2) is 4.79 Å². The lowest BCUT2D eigenvalue weighted by atomic mass is 10.0. The van der Waals surface area contributed by atoms with Crippen LogP contribution in [0.5, 0.6) is 5.75 Å². The van der Waals surface area contributed by atoms with E-state index < -0.39 is 0 Å². The summed E-state index contributed by atoms with van der Waals surface area (Å²) in [5.74, 6) is -0.0258. The number of benzene rings is 2. The highest BCUT2D eigenvalue weighted by molar-refractivity contribution is 5.90. The van der Waals surface area contributed by atoms with Crippen LogP contribution in [-0.2, 0) is 4.74 Å². The number of carbonyl (C=O) groups is 1. The number of hydrogen-bond acceptors (Lipinski definition) is 3. The van der Waals surface area contributed by atoms with Crippen molar-refractivity contribution >= 4 is 5.97 Å². The molecule has 24 heavy (non-hydrogen) atoms. The van der Waals surface area contributed by atoms with Crippen molar-refractivity contribution in [1.82, 2.24) is 0 Å². The summed E-state index contributed by atoms with van der Waals surface area (Å²) in [5, 5.41) is 9.33. The molecule has 0 aromatic heterocycles. The van der Waals surface area contributed by atoms with Crippen LogP contribution in [0.4, 0.5) is 0 Å². The summed E-state index contributed by atoms with van der Waals surface area (Å²) in [6, 6.07) is 14.4. The van der Waals surface area contributed by atoms with Crippen LogP contribution in [0.1, 0.15) is 56.3 Å². The molecule has 0 aliphatic carbocycles. The van der Waals surface area contributed by atoms with Gasteiger partial charge in [0.1, 0.15) is 5.75 Å². The van der Waals surface area contributed by atoms with Gasteiger partial charge in [0.15, 0.2) is 0 Å². The predicted molar refractivity (Wildman–Crippen MR) is 97.2 cm³/mol. The lowest BCUT2D eigenvalue weighted by Gasteiger charge is -2.13. The Morgan fingerprint density at radius 3 is 2.12 bits per heavy atom. The van der Waals surface area contributed by atoms with Crippen molar-refractivity contribution in [3.8, 4) is 16.9 Å². The van der Waals surface area contributed by atoms with Crippen molar-refractivity contribution in [3.05, 3.63) is 54.1 Å². The molecule has 1 atom stereocenters. The highest BCUT2D eigenvalue weighted by Crippen LogP contribution is 2.22. The molecular formula is C21H26O3. The number of ether oxygens (including phenoxy) is 1. The van der Waals surface area contributed by atoms with Gasteiger partial charge < -0.3 is 9.84 Å². The second-order valence-corrected chi connectivity index (χ2v) is 6.19. The van der Waals surface area contributed by atoms with E-state index in [9.17, 15) is 9.90 Å². The molecule has 0 aliphatic rings. The molecule has 0 saturated heterocycles. The number of unbranched alkanes of at least 4 members (excludes halogenated alkanes) is 3. The Morgan fingerprint density at radius 2 is 1.54 bits per heavy atom. The molecule has 0 saturated carbocycles. The van der Waals surface area contributed by atoms with Gasteiger partial charge in [0, 0.05) is 0 Å². The second kappa shape index (κ2) is 9.11. The van der Waals surface area contributed by atoms with Gasteiger partial charge in [-0.3, -0.25) is 0 Å². The standard InChI is InChI=1S/C21H26O3/c1-3-4-5-6-7-16(2)24-21(23)19-10-8-17(9-11-19)18-12-14-20(22)15-13-18/h8-16,22H,3-7H2,1-2H3/t16-/m0/s1. The molecule has 0 spiro atoms. The molecule has 0 radical (unpaired) electrons. The third-order valence-electron chi connectivity index (χ3n) is 4.09. The summed E-state index contributed by atoms with van der Waals surface area (Å²) in [6.45, 7) is 4.14. The number of phenols is 1. The summed E-state index contributed by atoms with van der Waals surface area (Å²) >= 11 is 0. The smallest absolute Gasteiger partial charge is 0.338 e. The van der Waals surface area contributed by atoms with Crippen LogP contribution in [0.2, 0.25) is 0 Å². The first kappa shape index (κ1) is 18.1. The van der Waals surface area contributed by atoms with Crippen LogP contribution < -0.4 is 0 Å². The number of rotatable bonds is 8. The number of carbonyl (C=O) groups excluding carboxylic acids is 1. The number of esters is 1. The van der Waals surface area contributed by atoms with E-state index in [0.717, 1.165) is 24.0 Å². The van der Waals surface area contributed by atoms with E-state index in [0.29, 0.717) is 5.56 Å². The molecule has 0 bridgehead atoms. The summed E-state index contributed by atoms with van der Waals surface area (Å²) in [7, 11) is 0. The van der Waals surface area contributed by atoms with Crippen LogP contribution in [0, 0.1) is 0 Å². The van der Waals surface area contributed by atoms with E-state index >= 15 is 0 Å². The quantitative estimate of drug-likeness (QED) is 0.509. The fourth-order valence-corrected chi connectivity index (χ4v) is 2.62. The minimum Gasteiger partial charge on any atom is -0.508 e. The largest absolute Gasteiger partial charge is 0.508 e. The Labute approximate surface area is 144 Å². The second-order valence-electron chi connectivity index (χ2n) is 6.19. The average Bonchev–Trinajstić information content (AvgIpc) is 2.59. The van der Waals surface area contributed by atoms with Gasteiger partial charge in [-0.15, -0.1) is 0 Å². The number of phenolic OH excluding ortho intramolecular Hbond substituents is 1. The van der Waals surface area contributed by atoms with Gasteiger partial charge in [0.25, 0.3) is 0 Å². The van der Waals surface area contributed by atoms with Crippen LogP contribution in [0.15, 0.2) is 48.5 Å². The van der Waals surface area contributed by atoms with Gasteiger partial charge in [-0.1, -0.05) is 50.5 Å². The highest BCUT2D eigenvalue weighted by Gasteiger charge is 2.12. The number of hydrogen-bond donors (Lipinski definition) is 1. The Hall–Kier alpha value is -2.29. The Bertz CT molecular complexity index is 629. The minimum atomic E-state index is -0.268. The zero-order valence-corrected chi connectivity index (χ0v) is 14.5. The summed E-state index contributed by atoms with van der Waals surface area (Å²) in [4.78, 5) is 12.2. The molecule has 0 aliphatic heterocycles. The molecule has 0 fully saturated rings. The summed E-state index contributed by atoms with van der Waals surface area (Å²) in [6.07, 6.45) is 5.60. The van der Waals surface area contributed by atoms with Gasteiger partial charge in [-0.2, -0.15) is 0 Å². The highest BCUT2D eigenvalue weighted by atomic mass is 16.5. The Morgan fingerprint density at radius 1 is 0.958 bits per heavy atom. The average molecular weight is 326 g/mol. The molecule has 2 rings (SSSR count). The van der Waals surface area contributed by atoms with Crippen molar-refractivity contribution in [2.75, 3.05) is 0 Å². The van der Waals surface area contributed by atoms with Crippen molar-refractivity contribution in [2.24, 2.45) is 0 Å². The molecule has 0 amide bonds. The van der Waals surface area contributed by atoms with Crippen LogP contribution >= 0.6 is 0 Å². The minimum absolute atomic E-state index is 0.0499. The lowest BCUT2D eigenvalue weighted by molar-refractivity contribution is 0.0319. The van der Waals surface area contributed by atoms with E-state index in [4.69, 9.17) is 4.74 Å². The Kier molecular flexibility index (Phi) is 6.86. The van der Waals surface area contributed by atoms with E-state index in [1.54, 1.807) is 24.3 Å². The molecule has 2 aromatic carbocycles. The van der Waals surface area contributed by atoms with E-state index in [2.05, 4.69) is 6.92 Å². The lowest BCUT2D eigenvalue weighted by Crippen LogP contribution is -2.15. The molecule has 128 valence electrons. The third kappa shape index (κ3) is 5.41. The van der Waals surface area contributed by atoms with Crippen molar-refractivity contribution in [1.29, 1.82) is 0 Å².